The van der Waals surface area contributed by atoms with E-state index in [1.807, 2.05) is 67.6 Å². The quantitative estimate of drug-likeness (QED) is 0.133. The minimum atomic E-state index is -0.933. The summed E-state index contributed by atoms with van der Waals surface area (Å²) >= 11 is 0. The predicted octanol–water partition coefficient (Wildman–Crippen LogP) is 4.54. The van der Waals surface area contributed by atoms with Gasteiger partial charge in [-0.1, -0.05) is 24.6 Å². The number of hydrogen-bond acceptors (Lipinski definition) is 10. The molecule has 2 aromatic carbocycles. The lowest BCUT2D eigenvalue weighted by molar-refractivity contribution is -0.138. The van der Waals surface area contributed by atoms with E-state index in [9.17, 15) is 9.59 Å². The van der Waals surface area contributed by atoms with Gasteiger partial charge in [-0.05, 0) is 86.9 Å². The molecule has 1 aliphatic heterocycles. The van der Waals surface area contributed by atoms with Gasteiger partial charge in [0.05, 0.1) is 5.69 Å². The van der Waals surface area contributed by atoms with Crippen LogP contribution in [-0.2, 0) is 11.3 Å². The highest BCUT2D eigenvalue weighted by Crippen LogP contribution is 2.25. The minimum absolute atomic E-state index is 0. The van der Waals surface area contributed by atoms with Crippen LogP contribution in [0, 0.1) is 6.92 Å². The zero-order valence-corrected chi connectivity index (χ0v) is 28.3. The van der Waals surface area contributed by atoms with Crippen molar-refractivity contribution in [2.24, 2.45) is 11.5 Å². The number of rotatable bonds is 12. The summed E-state index contributed by atoms with van der Waals surface area (Å²) in [5.41, 5.74) is 16.5. The molecule has 256 valence electrons. The number of unbranched alkanes of at least 4 members (excludes halogenated alkanes) is 1. The molecule has 13 heteroatoms. The van der Waals surface area contributed by atoms with Gasteiger partial charge in [-0.15, -0.1) is 12.4 Å². The van der Waals surface area contributed by atoms with Crippen LogP contribution in [0.4, 0.5) is 17.3 Å². The van der Waals surface area contributed by atoms with E-state index in [0.29, 0.717) is 30.2 Å². The molecular formula is C35H46ClN9O3. The van der Waals surface area contributed by atoms with E-state index in [4.69, 9.17) is 16.6 Å². The lowest BCUT2D eigenvalue weighted by Gasteiger charge is -2.32. The SMILES string of the molecule is Cc1ccc(NC(=O)c2ccc(CN3CCN(C)CC3)cc2)cc1Nc1nccc(-c2cccnc2)n1.Cl.NCCCC[C@H](N)C(=O)O. The highest BCUT2D eigenvalue weighted by Gasteiger charge is 2.15. The maximum absolute atomic E-state index is 12.9. The molecule has 7 N–H and O–H groups in total. The van der Waals surface area contributed by atoms with Gasteiger partial charge in [0, 0.05) is 73.8 Å². The van der Waals surface area contributed by atoms with Gasteiger partial charge in [0.25, 0.3) is 5.91 Å². The highest BCUT2D eigenvalue weighted by atomic mass is 35.5. The molecule has 0 unspecified atom stereocenters. The van der Waals surface area contributed by atoms with Crippen molar-refractivity contribution in [3.05, 3.63) is 95.9 Å². The van der Waals surface area contributed by atoms with Crippen LogP contribution in [-0.4, -0.2) is 87.5 Å². The maximum Gasteiger partial charge on any atom is 0.320 e. The summed E-state index contributed by atoms with van der Waals surface area (Å²) in [6.07, 6.45) is 7.38. The molecule has 1 fully saturated rings. The number of carbonyl (C=O) groups excluding carboxylic acids is 1. The Bertz CT molecular complexity index is 1580. The van der Waals surface area contributed by atoms with Crippen molar-refractivity contribution in [3.8, 4) is 11.3 Å². The number of halogens is 1. The van der Waals surface area contributed by atoms with E-state index < -0.39 is 12.0 Å². The Morgan fingerprint density at radius 3 is 2.42 bits per heavy atom. The number of anilines is 3. The number of carbonyl (C=O) groups is 2. The average Bonchev–Trinajstić information content (AvgIpc) is 3.08. The molecule has 0 radical (unpaired) electrons. The molecule has 1 amide bonds. The molecule has 2 aromatic heterocycles. The second kappa shape index (κ2) is 19.4. The number of hydrogen-bond donors (Lipinski definition) is 5. The number of piperazine rings is 1. The number of benzene rings is 2. The first kappa shape index (κ1) is 38.0. The molecule has 1 atom stereocenters. The minimum Gasteiger partial charge on any atom is -0.480 e. The fraction of sp³-hybridized carbons (Fsp3) is 0.343. The van der Waals surface area contributed by atoms with Gasteiger partial charge < -0.3 is 32.1 Å². The van der Waals surface area contributed by atoms with Crippen molar-refractivity contribution in [2.75, 3.05) is 50.4 Å². The molecule has 1 aliphatic rings. The molecule has 5 rings (SSSR count). The van der Waals surface area contributed by atoms with Gasteiger partial charge in [-0.3, -0.25) is 19.5 Å². The Labute approximate surface area is 288 Å². The van der Waals surface area contributed by atoms with Crippen LogP contribution in [0.15, 0.2) is 79.3 Å². The molecule has 3 heterocycles. The monoisotopic (exact) mass is 675 g/mol. The summed E-state index contributed by atoms with van der Waals surface area (Å²) < 4.78 is 0. The van der Waals surface area contributed by atoms with Gasteiger partial charge in [0.2, 0.25) is 5.95 Å². The normalized spacial score (nSPS) is 13.8. The number of aryl methyl sites for hydroxylation is 1. The molecule has 0 bridgehead atoms. The topological polar surface area (TPSA) is 176 Å². The Morgan fingerprint density at radius 1 is 1.00 bits per heavy atom. The van der Waals surface area contributed by atoms with Gasteiger partial charge >= 0.3 is 5.97 Å². The highest BCUT2D eigenvalue weighted by molar-refractivity contribution is 6.04. The van der Waals surface area contributed by atoms with E-state index in [1.165, 1.54) is 5.56 Å². The number of amides is 1. The van der Waals surface area contributed by atoms with Gasteiger partial charge in [-0.2, -0.15) is 0 Å². The molecule has 4 aromatic rings. The predicted molar refractivity (Wildman–Crippen MR) is 193 cm³/mol. The number of nitrogens with zero attached hydrogens (tertiary/aromatic N) is 5. The third-order valence-electron chi connectivity index (χ3n) is 7.86. The zero-order chi connectivity index (χ0) is 33.6. The molecule has 1 saturated heterocycles. The summed E-state index contributed by atoms with van der Waals surface area (Å²) in [6, 6.07) is 18.6. The summed E-state index contributed by atoms with van der Waals surface area (Å²) in [4.78, 5) is 41.0. The maximum atomic E-state index is 12.9. The number of aliphatic carboxylic acids is 1. The number of nitrogens with two attached hydrogens (primary N) is 2. The fourth-order valence-electron chi connectivity index (χ4n) is 4.91. The van der Waals surface area contributed by atoms with Crippen molar-refractivity contribution >= 4 is 41.6 Å². The zero-order valence-electron chi connectivity index (χ0n) is 27.5. The van der Waals surface area contributed by atoms with E-state index in [2.05, 4.69) is 42.4 Å². The van der Waals surface area contributed by atoms with Gasteiger partial charge in [-0.25, -0.2) is 9.97 Å². The number of nitrogens with one attached hydrogen (secondary N) is 2. The Morgan fingerprint density at radius 2 is 1.75 bits per heavy atom. The van der Waals surface area contributed by atoms with Crippen LogP contribution in [0.5, 0.6) is 0 Å². The average molecular weight is 676 g/mol. The van der Waals surface area contributed by atoms with Gasteiger partial charge in [0.1, 0.15) is 6.04 Å². The van der Waals surface area contributed by atoms with Crippen molar-refractivity contribution in [3.63, 3.8) is 0 Å². The second-order valence-corrected chi connectivity index (χ2v) is 11.6. The number of carboxylic acid groups (broad SMARTS) is 1. The van der Waals surface area contributed by atoms with Crippen LogP contribution >= 0.6 is 12.4 Å². The van der Waals surface area contributed by atoms with Crippen LogP contribution in [0.3, 0.4) is 0 Å². The fourth-order valence-corrected chi connectivity index (χ4v) is 4.91. The Balaban J connectivity index is 0.000000496. The first-order valence-electron chi connectivity index (χ1n) is 15.8. The van der Waals surface area contributed by atoms with Gasteiger partial charge in [0.15, 0.2) is 0 Å². The van der Waals surface area contributed by atoms with Crippen LogP contribution in [0.2, 0.25) is 0 Å². The third kappa shape index (κ3) is 12.0. The summed E-state index contributed by atoms with van der Waals surface area (Å²) in [5, 5.41) is 14.6. The Hall–Kier alpha value is -4.46. The molecular weight excluding hydrogens is 630 g/mol. The molecule has 48 heavy (non-hydrogen) atoms. The lowest BCUT2D eigenvalue weighted by Crippen LogP contribution is -2.43. The van der Waals surface area contributed by atoms with Crippen LogP contribution in [0.1, 0.15) is 40.7 Å². The second-order valence-electron chi connectivity index (χ2n) is 11.6. The molecule has 0 spiro atoms. The largest absolute Gasteiger partial charge is 0.480 e. The van der Waals surface area contributed by atoms with E-state index >= 15 is 0 Å². The Kier molecular flexibility index (Phi) is 15.3. The third-order valence-corrected chi connectivity index (χ3v) is 7.86. The van der Waals surface area contributed by atoms with E-state index in [1.54, 1.807) is 18.6 Å². The summed E-state index contributed by atoms with van der Waals surface area (Å²) in [7, 11) is 2.16. The molecule has 0 saturated carbocycles. The number of carboxylic acids is 1. The number of aromatic nitrogens is 3. The number of likely N-dealkylation sites (N-methyl/N-ethyl adjacent to an activating group) is 1. The smallest absolute Gasteiger partial charge is 0.320 e. The van der Waals surface area contributed by atoms with Crippen molar-refractivity contribution in [2.45, 2.75) is 38.8 Å². The van der Waals surface area contributed by atoms with Crippen molar-refractivity contribution < 1.29 is 14.7 Å². The molecule has 0 aliphatic carbocycles. The van der Waals surface area contributed by atoms with Crippen molar-refractivity contribution in [1.29, 1.82) is 0 Å². The first-order chi connectivity index (χ1) is 22.7. The van der Waals surface area contributed by atoms with Crippen LogP contribution < -0.4 is 22.1 Å². The summed E-state index contributed by atoms with van der Waals surface area (Å²) in [5.74, 6) is -0.600. The van der Waals surface area contributed by atoms with Crippen molar-refractivity contribution in [1.82, 2.24) is 24.8 Å². The molecule has 12 nitrogen and oxygen atoms in total. The number of pyridine rings is 1. The van der Waals surface area contributed by atoms with E-state index in [0.717, 1.165) is 68.1 Å². The lowest BCUT2D eigenvalue weighted by atomic mass is 10.1. The standard InChI is InChI=1S/C29H31N7O.C6H14N2O2.ClH/c1-21-5-10-25(18-27(21)34-29-31-13-11-26(33-29)24-4-3-12-30-19-24)32-28(37)23-8-6-22(7-9-23)20-36-16-14-35(2)15-17-36;7-4-2-1-3-5(8)6(9)10;/h3-13,18-19H,14-17,20H2,1-2H3,(H,32,37)(H,31,33,34);5H,1-4,7-8H2,(H,9,10);1H/t;5-;/m.0./s1. The van der Waals surface area contributed by atoms with Crippen LogP contribution in [0.25, 0.3) is 11.3 Å². The van der Waals surface area contributed by atoms with E-state index in [-0.39, 0.29) is 18.3 Å². The summed E-state index contributed by atoms with van der Waals surface area (Å²) in [6.45, 7) is 7.84. The first-order valence-corrected chi connectivity index (χ1v) is 15.8.